The predicted octanol–water partition coefficient (Wildman–Crippen LogP) is 3.87. The van der Waals surface area contributed by atoms with Gasteiger partial charge >= 0.3 is 0 Å². The van der Waals surface area contributed by atoms with Gasteiger partial charge in [-0.3, -0.25) is 4.79 Å². The number of nitrogens with zero attached hydrogens (tertiary/aromatic N) is 1. The zero-order valence-corrected chi connectivity index (χ0v) is 19.7. The molecule has 3 atom stereocenters. The van der Waals surface area contributed by atoms with Gasteiger partial charge in [0.05, 0.1) is 13.2 Å². The highest BCUT2D eigenvalue weighted by atomic mass is 16.7. The van der Waals surface area contributed by atoms with Crippen LogP contribution in [-0.2, 0) is 25.4 Å². The number of ether oxygens (including phenoxy) is 3. The molecule has 5 rings (SSSR count). The van der Waals surface area contributed by atoms with Crippen molar-refractivity contribution in [2.75, 3.05) is 39.5 Å². The monoisotopic (exact) mass is 463 g/mol. The number of allylic oxidation sites excluding steroid dienone is 1. The maximum absolute atomic E-state index is 13.4. The molecule has 2 aromatic carbocycles. The highest BCUT2D eigenvalue weighted by Gasteiger charge is 2.40. The van der Waals surface area contributed by atoms with Crippen LogP contribution in [0.2, 0.25) is 0 Å². The summed E-state index contributed by atoms with van der Waals surface area (Å²) >= 11 is 0. The van der Waals surface area contributed by atoms with E-state index in [0.717, 1.165) is 12.8 Å². The largest absolute Gasteiger partial charge is 0.459 e. The maximum Gasteiger partial charge on any atom is 0.288 e. The normalized spacial score (nSPS) is 23.6. The number of carbonyl (C=O) groups excluding carboxylic acids is 1. The lowest BCUT2D eigenvalue weighted by Gasteiger charge is -2.39. The van der Waals surface area contributed by atoms with E-state index in [4.69, 9.17) is 14.2 Å². The number of benzene rings is 2. The van der Waals surface area contributed by atoms with Crippen molar-refractivity contribution in [1.29, 1.82) is 0 Å². The van der Waals surface area contributed by atoms with Crippen LogP contribution in [0, 0.1) is 5.92 Å². The van der Waals surface area contributed by atoms with Crippen molar-refractivity contribution in [2.45, 2.75) is 38.4 Å². The van der Waals surface area contributed by atoms with Crippen LogP contribution >= 0.6 is 0 Å². The van der Waals surface area contributed by atoms with Crippen molar-refractivity contribution in [3.05, 3.63) is 71.0 Å². The van der Waals surface area contributed by atoms with Crippen LogP contribution in [0.15, 0.2) is 54.3 Å². The van der Waals surface area contributed by atoms with Crippen molar-refractivity contribution in [2.24, 2.45) is 5.92 Å². The Hall–Kier alpha value is -2.67. The summed E-state index contributed by atoms with van der Waals surface area (Å²) in [5.41, 5.74) is 6.42. The molecule has 2 heterocycles. The Kier molecular flexibility index (Phi) is 6.99. The van der Waals surface area contributed by atoms with Crippen LogP contribution in [-0.4, -0.2) is 61.7 Å². The molecule has 1 amide bonds. The first-order valence-corrected chi connectivity index (χ1v) is 12.4. The minimum absolute atomic E-state index is 0.00329. The Balaban J connectivity index is 1.56. The van der Waals surface area contributed by atoms with E-state index in [1.807, 2.05) is 13.0 Å². The third-order valence-electron chi connectivity index (χ3n) is 7.17. The summed E-state index contributed by atoms with van der Waals surface area (Å²) in [6, 6.07) is 15.0. The van der Waals surface area contributed by atoms with Gasteiger partial charge in [-0.05, 0) is 60.1 Å². The first kappa shape index (κ1) is 23.1. The van der Waals surface area contributed by atoms with Crippen molar-refractivity contribution in [3.63, 3.8) is 0 Å². The second-order valence-corrected chi connectivity index (χ2v) is 9.14. The van der Waals surface area contributed by atoms with Crippen LogP contribution in [0.5, 0.6) is 0 Å². The molecule has 180 valence electrons. The van der Waals surface area contributed by atoms with Gasteiger partial charge in [-0.1, -0.05) is 42.5 Å². The number of rotatable bonds is 7. The quantitative estimate of drug-likeness (QED) is 0.576. The van der Waals surface area contributed by atoms with E-state index < -0.39 is 6.29 Å². The molecule has 1 fully saturated rings. The minimum Gasteiger partial charge on any atom is -0.459 e. The van der Waals surface area contributed by atoms with Gasteiger partial charge < -0.3 is 24.2 Å². The number of carbonyl (C=O) groups is 1. The lowest BCUT2D eigenvalue weighted by molar-refractivity contribution is -0.171. The lowest BCUT2D eigenvalue weighted by Crippen LogP contribution is -2.44. The van der Waals surface area contributed by atoms with Gasteiger partial charge in [-0.15, -0.1) is 0 Å². The number of morpholine rings is 1. The topological polar surface area (TPSA) is 68.2 Å². The van der Waals surface area contributed by atoms with Gasteiger partial charge in [0, 0.05) is 38.1 Å². The first-order chi connectivity index (χ1) is 16.7. The number of aliphatic hydroxyl groups is 1. The second-order valence-electron chi connectivity index (χ2n) is 9.14. The van der Waals surface area contributed by atoms with Gasteiger partial charge in [-0.25, -0.2) is 0 Å². The van der Waals surface area contributed by atoms with Crippen LogP contribution in [0.1, 0.15) is 42.4 Å². The van der Waals surface area contributed by atoms with Crippen molar-refractivity contribution < 1.29 is 24.1 Å². The third-order valence-corrected chi connectivity index (χ3v) is 7.17. The van der Waals surface area contributed by atoms with Gasteiger partial charge in [0.25, 0.3) is 5.91 Å². The molecule has 34 heavy (non-hydrogen) atoms. The van der Waals surface area contributed by atoms with Gasteiger partial charge in [0.1, 0.15) is 0 Å². The van der Waals surface area contributed by atoms with E-state index in [1.165, 1.54) is 27.8 Å². The highest BCUT2D eigenvalue weighted by molar-refractivity contribution is 5.92. The summed E-state index contributed by atoms with van der Waals surface area (Å²) in [5.74, 6) is 0.220. The van der Waals surface area contributed by atoms with Gasteiger partial charge in [0.15, 0.2) is 5.76 Å². The Labute approximate surface area is 201 Å². The third kappa shape index (κ3) is 4.38. The summed E-state index contributed by atoms with van der Waals surface area (Å²) < 4.78 is 17.7. The molecule has 2 aromatic rings. The van der Waals surface area contributed by atoms with E-state index in [1.54, 1.807) is 4.90 Å². The fraction of sp³-hybridized carbons (Fsp3) is 0.464. The minimum atomic E-state index is -0.536. The Morgan fingerprint density at radius 3 is 2.71 bits per heavy atom. The number of hydrogen-bond acceptors (Lipinski definition) is 5. The first-order valence-electron chi connectivity index (χ1n) is 12.4. The molecule has 0 radical (unpaired) electrons. The molecule has 3 aliphatic rings. The van der Waals surface area contributed by atoms with Crippen molar-refractivity contribution in [3.8, 4) is 11.1 Å². The molecule has 1 saturated heterocycles. The number of hydrogen-bond donors (Lipinski definition) is 1. The molecular weight excluding hydrogens is 430 g/mol. The van der Waals surface area contributed by atoms with E-state index in [9.17, 15) is 9.90 Å². The van der Waals surface area contributed by atoms with Gasteiger partial charge in [-0.2, -0.15) is 0 Å². The number of aliphatic hydroxyl groups excluding tert-OH is 1. The maximum atomic E-state index is 13.4. The molecule has 0 saturated carbocycles. The molecule has 0 spiro atoms. The zero-order valence-electron chi connectivity index (χ0n) is 19.7. The molecule has 1 aliphatic carbocycles. The van der Waals surface area contributed by atoms with E-state index >= 15 is 0 Å². The summed E-state index contributed by atoms with van der Waals surface area (Å²) in [7, 11) is 0. The molecule has 1 N–H and O–H groups in total. The van der Waals surface area contributed by atoms with Crippen molar-refractivity contribution in [1.82, 2.24) is 4.90 Å². The predicted molar refractivity (Wildman–Crippen MR) is 129 cm³/mol. The Morgan fingerprint density at radius 1 is 1.12 bits per heavy atom. The number of fused-ring (bicyclic) bond motifs is 3. The fourth-order valence-corrected chi connectivity index (χ4v) is 5.53. The molecular formula is C28H33NO5. The zero-order chi connectivity index (χ0) is 23.5. The summed E-state index contributed by atoms with van der Waals surface area (Å²) in [6.07, 6.45) is 3.76. The van der Waals surface area contributed by atoms with E-state index in [0.29, 0.717) is 45.1 Å². The Bertz CT molecular complexity index is 1060. The SMILES string of the molecule is CCOC1OC(C(=O)N2CCOCC2)=CC(c2cccc3c2Cc2ccccc2-3)C1CCCO. The van der Waals surface area contributed by atoms with Crippen LogP contribution in [0.3, 0.4) is 0 Å². The van der Waals surface area contributed by atoms with Crippen LogP contribution in [0.4, 0.5) is 0 Å². The van der Waals surface area contributed by atoms with Crippen LogP contribution in [0.25, 0.3) is 11.1 Å². The highest BCUT2D eigenvalue weighted by Crippen LogP contribution is 2.46. The van der Waals surface area contributed by atoms with Crippen LogP contribution < -0.4 is 0 Å². The molecule has 2 aliphatic heterocycles. The smallest absolute Gasteiger partial charge is 0.288 e. The molecule has 6 nitrogen and oxygen atoms in total. The summed E-state index contributed by atoms with van der Waals surface area (Å²) in [5, 5.41) is 9.58. The number of amides is 1. The average molecular weight is 464 g/mol. The molecule has 0 bridgehead atoms. The second kappa shape index (κ2) is 10.3. The summed E-state index contributed by atoms with van der Waals surface area (Å²) in [4.78, 5) is 15.2. The van der Waals surface area contributed by atoms with E-state index in [2.05, 4.69) is 42.5 Å². The Morgan fingerprint density at radius 2 is 1.91 bits per heavy atom. The molecule has 3 unspecified atom stereocenters. The molecule has 0 aromatic heterocycles. The fourth-order valence-electron chi connectivity index (χ4n) is 5.53. The summed E-state index contributed by atoms with van der Waals surface area (Å²) in [6.45, 7) is 4.76. The standard InChI is InChI=1S/C28H33NO5/c1-2-33-28-23(11-6-14-30)25(18-26(34-28)27(31)29-12-15-32-16-13-29)22-10-5-9-21-20-8-4-3-7-19(20)17-24(21)22/h3-5,7-10,18,23,25,28,30H,2,6,11-17H2,1H3. The average Bonchev–Trinajstić information content (AvgIpc) is 3.27. The molecule has 6 heteroatoms. The van der Waals surface area contributed by atoms with Crippen molar-refractivity contribution >= 4 is 5.91 Å². The van der Waals surface area contributed by atoms with E-state index in [-0.39, 0.29) is 24.3 Å². The lowest BCUT2D eigenvalue weighted by atomic mass is 9.78. The van der Waals surface area contributed by atoms with Gasteiger partial charge in [0.2, 0.25) is 6.29 Å².